The molecule has 3 nitrogen and oxygen atoms in total. The molecular formula is C28H43NO2. The maximum absolute atomic E-state index is 10.6. The summed E-state index contributed by atoms with van der Waals surface area (Å²) >= 11 is 0. The summed E-state index contributed by atoms with van der Waals surface area (Å²) in [5, 5.41) is 21.1. The van der Waals surface area contributed by atoms with E-state index in [0.717, 1.165) is 31.5 Å². The highest BCUT2D eigenvalue weighted by Crippen LogP contribution is 2.48. The minimum Gasteiger partial charge on any atom is -0.392 e. The fourth-order valence-corrected chi connectivity index (χ4v) is 5.60. The van der Waals surface area contributed by atoms with Gasteiger partial charge in [-0.3, -0.25) is 0 Å². The highest BCUT2D eigenvalue weighted by molar-refractivity contribution is 5.24. The van der Waals surface area contributed by atoms with Crippen LogP contribution >= 0.6 is 0 Å². The van der Waals surface area contributed by atoms with Crippen molar-refractivity contribution in [2.24, 2.45) is 17.8 Å². The van der Waals surface area contributed by atoms with Gasteiger partial charge < -0.3 is 15.1 Å². The summed E-state index contributed by atoms with van der Waals surface area (Å²) in [6, 6.07) is 8.32. The second-order valence-corrected chi connectivity index (χ2v) is 9.72. The van der Waals surface area contributed by atoms with Crippen molar-refractivity contribution >= 4 is 0 Å². The lowest BCUT2D eigenvalue weighted by atomic mass is 9.88. The number of allylic oxidation sites excluding steroid dienone is 2. The third-order valence-electron chi connectivity index (χ3n) is 7.40. The van der Waals surface area contributed by atoms with Crippen molar-refractivity contribution in [3.63, 3.8) is 0 Å². The van der Waals surface area contributed by atoms with Crippen LogP contribution in [0.2, 0.25) is 0 Å². The first-order valence-corrected chi connectivity index (χ1v) is 12.5. The molecule has 0 amide bonds. The molecule has 2 aliphatic rings. The van der Waals surface area contributed by atoms with E-state index < -0.39 is 6.10 Å². The van der Waals surface area contributed by atoms with Crippen LogP contribution < -0.4 is 0 Å². The van der Waals surface area contributed by atoms with Crippen LogP contribution in [0.25, 0.3) is 0 Å². The van der Waals surface area contributed by atoms with Crippen LogP contribution in [0.3, 0.4) is 0 Å². The van der Waals surface area contributed by atoms with Gasteiger partial charge in [-0.15, -0.1) is 0 Å². The Balaban J connectivity index is 1.43. The number of fused-ring (bicyclic) bond motifs is 1. The molecule has 0 bridgehead atoms. The van der Waals surface area contributed by atoms with Crippen molar-refractivity contribution in [1.82, 2.24) is 4.90 Å². The Kier molecular flexibility index (Phi) is 9.37. The minimum atomic E-state index is -0.493. The molecule has 2 aliphatic carbocycles. The number of aliphatic hydroxyl groups excluding tert-OH is 2. The fourth-order valence-electron chi connectivity index (χ4n) is 5.60. The number of rotatable bonds is 12. The van der Waals surface area contributed by atoms with Crippen LogP contribution in [0.5, 0.6) is 0 Å². The van der Waals surface area contributed by atoms with Crippen LogP contribution in [-0.2, 0) is 6.42 Å². The first kappa shape index (κ1) is 24.2. The zero-order valence-corrected chi connectivity index (χ0v) is 19.8. The molecule has 0 aliphatic heterocycles. The molecular weight excluding hydrogens is 382 g/mol. The zero-order valence-electron chi connectivity index (χ0n) is 19.8. The van der Waals surface area contributed by atoms with Gasteiger partial charge in [0.25, 0.3) is 0 Å². The second kappa shape index (κ2) is 12.0. The summed E-state index contributed by atoms with van der Waals surface area (Å²) in [6.07, 6.45) is 13.5. The maximum Gasteiger partial charge on any atom is 0.0761 e. The Morgan fingerprint density at radius 2 is 1.97 bits per heavy atom. The maximum atomic E-state index is 10.6. The van der Waals surface area contributed by atoms with Crippen LogP contribution in [0, 0.1) is 24.7 Å². The van der Waals surface area contributed by atoms with Crippen molar-refractivity contribution in [3.05, 3.63) is 59.2 Å². The second-order valence-electron chi connectivity index (χ2n) is 9.72. The first-order valence-electron chi connectivity index (χ1n) is 12.5. The lowest BCUT2D eigenvalue weighted by Crippen LogP contribution is -2.23. The van der Waals surface area contributed by atoms with Crippen LogP contribution in [0.15, 0.2) is 48.1 Å². The normalized spacial score (nSPS) is 26.6. The van der Waals surface area contributed by atoms with E-state index >= 15 is 0 Å². The number of aryl methyl sites for hydroxylation is 1. The van der Waals surface area contributed by atoms with Gasteiger partial charge in [-0.1, -0.05) is 73.9 Å². The standard InChI is InChI=1S/C28H43NO2/c1-4-29(5-2)15-8-6-7-11-23-17-24-20-28(31)26(27(24)19-23)14-13-25(30)18-22-12-9-10-21(3)16-22/h9-10,12-14,16-17,24-28,30-31H,4-8,11,15,18-20H2,1-3H3/t24-,25-,26+,27-,28+/m0/s1. The monoisotopic (exact) mass is 425 g/mol. The molecule has 0 heterocycles. The van der Waals surface area contributed by atoms with Crippen molar-refractivity contribution in [3.8, 4) is 0 Å². The first-order chi connectivity index (χ1) is 15.0. The Morgan fingerprint density at radius 3 is 2.71 bits per heavy atom. The molecule has 172 valence electrons. The molecule has 31 heavy (non-hydrogen) atoms. The molecule has 0 saturated heterocycles. The van der Waals surface area contributed by atoms with Gasteiger partial charge in [0.1, 0.15) is 0 Å². The van der Waals surface area contributed by atoms with E-state index in [4.69, 9.17) is 0 Å². The molecule has 0 spiro atoms. The summed E-state index contributed by atoms with van der Waals surface area (Å²) in [4.78, 5) is 2.50. The van der Waals surface area contributed by atoms with Gasteiger partial charge in [0.15, 0.2) is 0 Å². The Labute approximate surface area is 189 Å². The predicted octanol–water partition coefficient (Wildman–Crippen LogP) is 5.30. The van der Waals surface area contributed by atoms with E-state index in [1.165, 1.54) is 37.8 Å². The SMILES string of the molecule is CCN(CC)CCCCCC1=C[C@H]2C[C@@H](O)[C@H](C=C[C@H](O)Cc3cccc(C)c3)[C@H]2C1. The van der Waals surface area contributed by atoms with Crippen molar-refractivity contribution in [2.75, 3.05) is 19.6 Å². The summed E-state index contributed by atoms with van der Waals surface area (Å²) in [5.41, 5.74) is 3.98. The van der Waals surface area contributed by atoms with Crippen LogP contribution in [0.1, 0.15) is 63.5 Å². The molecule has 3 heteroatoms. The molecule has 1 aromatic rings. The smallest absolute Gasteiger partial charge is 0.0761 e. The van der Waals surface area contributed by atoms with E-state index in [-0.39, 0.29) is 12.0 Å². The van der Waals surface area contributed by atoms with Gasteiger partial charge in [0.2, 0.25) is 0 Å². The third kappa shape index (κ3) is 7.03. The Bertz CT molecular complexity index is 736. The molecule has 3 rings (SSSR count). The highest BCUT2D eigenvalue weighted by atomic mass is 16.3. The summed E-state index contributed by atoms with van der Waals surface area (Å²) in [7, 11) is 0. The van der Waals surface area contributed by atoms with Gasteiger partial charge in [0.05, 0.1) is 12.2 Å². The van der Waals surface area contributed by atoms with E-state index in [0.29, 0.717) is 18.3 Å². The summed E-state index contributed by atoms with van der Waals surface area (Å²) in [6.45, 7) is 10.1. The molecule has 1 aromatic carbocycles. The zero-order chi connectivity index (χ0) is 22.2. The fraction of sp³-hybridized carbons (Fsp3) is 0.643. The molecule has 1 saturated carbocycles. The molecule has 0 unspecified atom stereocenters. The van der Waals surface area contributed by atoms with Crippen molar-refractivity contribution in [2.45, 2.75) is 77.9 Å². The average molecular weight is 426 g/mol. The van der Waals surface area contributed by atoms with E-state index in [1.807, 2.05) is 12.1 Å². The van der Waals surface area contributed by atoms with E-state index in [9.17, 15) is 10.2 Å². The highest BCUT2D eigenvalue weighted by Gasteiger charge is 2.43. The Hall–Kier alpha value is -1.42. The van der Waals surface area contributed by atoms with Gasteiger partial charge in [-0.25, -0.2) is 0 Å². The van der Waals surface area contributed by atoms with E-state index in [2.05, 4.69) is 56.0 Å². The van der Waals surface area contributed by atoms with Crippen LogP contribution in [0.4, 0.5) is 0 Å². The lowest BCUT2D eigenvalue weighted by molar-refractivity contribution is 0.140. The molecule has 2 N–H and O–H groups in total. The minimum absolute atomic E-state index is 0.175. The molecule has 1 fully saturated rings. The molecule has 0 aromatic heterocycles. The topological polar surface area (TPSA) is 43.7 Å². The lowest BCUT2D eigenvalue weighted by Gasteiger charge is -2.19. The Morgan fingerprint density at radius 1 is 1.16 bits per heavy atom. The van der Waals surface area contributed by atoms with E-state index in [1.54, 1.807) is 5.57 Å². The van der Waals surface area contributed by atoms with Crippen LogP contribution in [-0.4, -0.2) is 47.0 Å². The van der Waals surface area contributed by atoms with Gasteiger partial charge >= 0.3 is 0 Å². The van der Waals surface area contributed by atoms with Gasteiger partial charge in [-0.2, -0.15) is 0 Å². The largest absolute Gasteiger partial charge is 0.392 e. The van der Waals surface area contributed by atoms with Gasteiger partial charge in [0, 0.05) is 12.3 Å². The number of unbranched alkanes of at least 4 members (excludes halogenated alkanes) is 2. The number of hydrogen-bond donors (Lipinski definition) is 2. The summed E-state index contributed by atoms with van der Waals surface area (Å²) in [5.74, 6) is 1.21. The third-order valence-corrected chi connectivity index (χ3v) is 7.40. The molecule has 5 atom stereocenters. The van der Waals surface area contributed by atoms with Gasteiger partial charge in [-0.05, 0) is 76.1 Å². The van der Waals surface area contributed by atoms with Crippen molar-refractivity contribution in [1.29, 1.82) is 0 Å². The average Bonchev–Trinajstić information content (AvgIpc) is 3.25. The predicted molar refractivity (Wildman–Crippen MR) is 130 cm³/mol. The number of benzene rings is 1. The van der Waals surface area contributed by atoms with Crippen molar-refractivity contribution < 1.29 is 10.2 Å². The number of hydrogen-bond acceptors (Lipinski definition) is 3. The number of aliphatic hydroxyl groups is 2. The summed E-state index contributed by atoms with van der Waals surface area (Å²) < 4.78 is 0. The quantitative estimate of drug-likeness (QED) is 0.353. The number of nitrogens with zero attached hydrogens (tertiary/aromatic N) is 1. The molecule has 0 radical (unpaired) electrons.